The van der Waals surface area contributed by atoms with Crippen molar-refractivity contribution < 1.29 is 9.84 Å². The Morgan fingerprint density at radius 1 is 1.24 bits per heavy atom. The summed E-state index contributed by atoms with van der Waals surface area (Å²) in [4.78, 5) is 0. The maximum absolute atomic E-state index is 9.65. The summed E-state index contributed by atoms with van der Waals surface area (Å²) in [6.45, 7) is 3.85. The molecule has 1 unspecified atom stereocenters. The van der Waals surface area contributed by atoms with Gasteiger partial charge in [0, 0.05) is 19.0 Å². The van der Waals surface area contributed by atoms with Gasteiger partial charge in [-0.05, 0) is 18.6 Å². The van der Waals surface area contributed by atoms with Gasteiger partial charge >= 0.3 is 0 Å². The smallest absolute Gasteiger partial charge is 0.0961 e. The molecule has 0 amide bonds. The van der Waals surface area contributed by atoms with E-state index in [-0.39, 0.29) is 0 Å². The summed E-state index contributed by atoms with van der Waals surface area (Å²) in [5.41, 5.74) is 3.07. The molecular formula is C13H24N2O2. The largest absolute Gasteiger partial charge is 0.389 e. The lowest BCUT2D eigenvalue weighted by Gasteiger charge is -2.13. The van der Waals surface area contributed by atoms with Gasteiger partial charge in [0.2, 0.25) is 0 Å². The van der Waals surface area contributed by atoms with Crippen LogP contribution in [0.15, 0.2) is 24.5 Å². The van der Waals surface area contributed by atoms with Crippen LogP contribution in [0.1, 0.15) is 32.6 Å². The molecular weight excluding hydrogens is 216 g/mol. The van der Waals surface area contributed by atoms with Crippen LogP contribution in [0.2, 0.25) is 0 Å². The second-order valence-electron chi connectivity index (χ2n) is 4.24. The first-order valence-electron chi connectivity index (χ1n) is 6.45. The van der Waals surface area contributed by atoms with Crippen LogP contribution in [0.5, 0.6) is 0 Å². The van der Waals surface area contributed by atoms with Gasteiger partial charge in [-0.1, -0.05) is 26.2 Å². The van der Waals surface area contributed by atoms with Gasteiger partial charge in [-0.2, -0.15) is 0 Å². The van der Waals surface area contributed by atoms with E-state index in [0.717, 1.165) is 13.0 Å². The van der Waals surface area contributed by atoms with Crippen molar-refractivity contribution in [1.29, 1.82) is 0 Å². The van der Waals surface area contributed by atoms with Crippen LogP contribution in [0.25, 0.3) is 0 Å². The number of hydrogen-bond donors (Lipinski definition) is 2. The Kier molecular flexibility index (Phi) is 7.51. The Hall–Kier alpha value is -1.00. The van der Waals surface area contributed by atoms with Crippen molar-refractivity contribution in [3.8, 4) is 0 Å². The van der Waals surface area contributed by atoms with Gasteiger partial charge < -0.3 is 15.3 Å². The lowest BCUT2D eigenvalue weighted by molar-refractivity contribution is 0.0405. The summed E-state index contributed by atoms with van der Waals surface area (Å²) in [6.07, 6.45) is 8.16. The Morgan fingerprint density at radius 2 is 2.00 bits per heavy atom. The molecule has 4 heteroatoms. The van der Waals surface area contributed by atoms with E-state index in [0.29, 0.717) is 13.2 Å². The molecule has 0 spiro atoms. The number of rotatable bonds is 10. The number of aromatic nitrogens is 1. The van der Waals surface area contributed by atoms with Crippen molar-refractivity contribution in [2.24, 2.45) is 0 Å². The molecule has 0 aliphatic heterocycles. The molecule has 17 heavy (non-hydrogen) atoms. The standard InChI is InChI=1S/C13H24N2O2/c1-2-3-4-7-10-17-12-13(16)11-14-15-8-5-6-9-15/h5-6,8-9,13-14,16H,2-4,7,10-12H2,1H3. The predicted octanol–water partition coefficient (Wildman–Crippen LogP) is 1.99. The minimum atomic E-state index is -0.455. The lowest BCUT2D eigenvalue weighted by atomic mass is 10.2. The molecule has 0 fully saturated rings. The summed E-state index contributed by atoms with van der Waals surface area (Å²) in [5, 5.41) is 9.65. The second kappa shape index (κ2) is 9.07. The van der Waals surface area contributed by atoms with Crippen molar-refractivity contribution in [2.45, 2.75) is 38.7 Å². The quantitative estimate of drug-likeness (QED) is 0.615. The average molecular weight is 240 g/mol. The highest BCUT2D eigenvalue weighted by Gasteiger charge is 2.03. The fourth-order valence-electron chi connectivity index (χ4n) is 1.56. The third kappa shape index (κ3) is 7.02. The molecule has 0 radical (unpaired) electrons. The van der Waals surface area contributed by atoms with E-state index in [1.54, 1.807) is 0 Å². The molecule has 4 nitrogen and oxygen atoms in total. The van der Waals surface area contributed by atoms with Gasteiger partial charge in [0.15, 0.2) is 0 Å². The number of aliphatic hydroxyl groups is 1. The monoisotopic (exact) mass is 240 g/mol. The SMILES string of the molecule is CCCCCCOCC(O)CNn1cccc1. The number of nitrogens with zero attached hydrogens (tertiary/aromatic N) is 1. The zero-order valence-electron chi connectivity index (χ0n) is 10.6. The molecule has 0 saturated carbocycles. The van der Waals surface area contributed by atoms with Crippen molar-refractivity contribution in [3.05, 3.63) is 24.5 Å². The van der Waals surface area contributed by atoms with Gasteiger partial charge in [-0.3, -0.25) is 4.68 Å². The number of aliphatic hydroxyl groups excluding tert-OH is 1. The average Bonchev–Trinajstić information content (AvgIpc) is 2.84. The van der Waals surface area contributed by atoms with Crippen LogP contribution in [-0.4, -0.2) is 35.6 Å². The highest BCUT2D eigenvalue weighted by molar-refractivity contribution is 4.93. The number of hydrogen-bond acceptors (Lipinski definition) is 3. The summed E-state index contributed by atoms with van der Waals surface area (Å²) < 4.78 is 7.24. The van der Waals surface area contributed by atoms with Gasteiger partial charge in [-0.25, -0.2) is 0 Å². The summed E-state index contributed by atoms with van der Waals surface area (Å²) >= 11 is 0. The normalized spacial score (nSPS) is 12.6. The molecule has 98 valence electrons. The summed E-state index contributed by atoms with van der Waals surface area (Å²) in [7, 11) is 0. The second-order valence-corrected chi connectivity index (χ2v) is 4.24. The fourth-order valence-corrected chi connectivity index (χ4v) is 1.56. The molecule has 2 N–H and O–H groups in total. The third-order valence-electron chi connectivity index (χ3n) is 2.57. The van der Waals surface area contributed by atoms with Crippen LogP contribution >= 0.6 is 0 Å². The lowest BCUT2D eigenvalue weighted by Crippen LogP contribution is -2.29. The number of nitrogens with one attached hydrogen (secondary N) is 1. The van der Waals surface area contributed by atoms with Crippen molar-refractivity contribution >= 4 is 0 Å². The summed E-state index contributed by atoms with van der Waals surface area (Å²) in [5.74, 6) is 0. The van der Waals surface area contributed by atoms with Gasteiger partial charge in [-0.15, -0.1) is 0 Å². The van der Waals surface area contributed by atoms with Gasteiger partial charge in [0.25, 0.3) is 0 Å². The van der Waals surface area contributed by atoms with Gasteiger partial charge in [0.1, 0.15) is 0 Å². The highest BCUT2D eigenvalue weighted by Crippen LogP contribution is 1.99. The molecule has 0 aliphatic rings. The zero-order chi connectivity index (χ0) is 12.3. The molecule has 1 atom stereocenters. The van der Waals surface area contributed by atoms with E-state index in [4.69, 9.17) is 4.74 Å². The van der Waals surface area contributed by atoms with E-state index in [2.05, 4.69) is 12.3 Å². The van der Waals surface area contributed by atoms with Crippen molar-refractivity contribution in [1.82, 2.24) is 4.68 Å². The van der Waals surface area contributed by atoms with E-state index in [1.807, 2.05) is 29.2 Å². The molecule has 1 rings (SSSR count). The first kappa shape index (κ1) is 14.1. The third-order valence-corrected chi connectivity index (χ3v) is 2.57. The minimum absolute atomic E-state index is 0.403. The van der Waals surface area contributed by atoms with E-state index < -0.39 is 6.10 Å². The highest BCUT2D eigenvalue weighted by atomic mass is 16.5. The van der Waals surface area contributed by atoms with Crippen LogP contribution in [0.4, 0.5) is 0 Å². The fraction of sp³-hybridized carbons (Fsp3) is 0.692. The zero-order valence-corrected chi connectivity index (χ0v) is 10.6. The van der Waals surface area contributed by atoms with Crippen LogP contribution in [-0.2, 0) is 4.74 Å². The van der Waals surface area contributed by atoms with Crippen LogP contribution < -0.4 is 5.43 Å². The predicted molar refractivity (Wildman–Crippen MR) is 69.6 cm³/mol. The number of unbranched alkanes of at least 4 members (excludes halogenated alkanes) is 3. The topological polar surface area (TPSA) is 46.4 Å². The van der Waals surface area contributed by atoms with Crippen LogP contribution in [0, 0.1) is 0 Å². The van der Waals surface area contributed by atoms with E-state index in [1.165, 1.54) is 19.3 Å². The summed E-state index contributed by atoms with van der Waals surface area (Å²) in [6, 6.07) is 3.87. The Morgan fingerprint density at radius 3 is 2.71 bits per heavy atom. The Balaban J connectivity index is 1.92. The van der Waals surface area contributed by atoms with Gasteiger partial charge in [0.05, 0.1) is 19.3 Å². The van der Waals surface area contributed by atoms with Crippen molar-refractivity contribution in [3.63, 3.8) is 0 Å². The molecule has 0 saturated heterocycles. The number of ether oxygens (including phenoxy) is 1. The molecule has 1 aromatic rings. The van der Waals surface area contributed by atoms with Crippen LogP contribution in [0.3, 0.4) is 0 Å². The molecule has 1 heterocycles. The first-order valence-corrected chi connectivity index (χ1v) is 6.45. The first-order chi connectivity index (χ1) is 8.33. The van der Waals surface area contributed by atoms with Crippen molar-refractivity contribution in [2.75, 3.05) is 25.2 Å². The minimum Gasteiger partial charge on any atom is -0.389 e. The molecule has 0 bridgehead atoms. The molecule has 1 aromatic heterocycles. The maximum Gasteiger partial charge on any atom is 0.0961 e. The Bertz CT molecular complexity index is 262. The van der Waals surface area contributed by atoms with E-state index >= 15 is 0 Å². The Labute approximate surface area is 104 Å². The maximum atomic E-state index is 9.65. The molecule has 0 aliphatic carbocycles. The molecule has 0 aromatic carbocycles. The van der Waals surface area contributed by atoms with E-state index in [9.17, 15) is 5.11 Å².